The van der Waals surface area contributed by atoms with E-state index in [1.807, 2.05) is 0 Å². The van der Waals surface area contributed by atoms with Gasteiger partial charge in [0, 0.05) is 5.75 Å². The van der Waals surface area contributed by atoms with Gasteiger partial charge in [-0.3, -0.25) is 13.8 Å². The van der Waals surface area contributed by atoms with Gasteiger partial charge in [-0.25, -0.2) is 0 Å². The minimum atomic E-state index is -2.27. The summed E-state index contributed by atoms with van der Waals surface area (Å²) in [6, 6.07) is -1.13. The maximum absolute atomic E-state index is 10.9. The van der Waals surface area contributed by atoms with Gasteiger partial charge in [-0.15, -0.1) is 0 Å². The third-order valence-electron chi connectivity index (χ3n) is 1.22. The summed E-state index contributed by atoms with van der Waals surface area (Å²) < 4.78 is 24.5. The van der Waals surface area contributed by atoms with E-state index in [4.69, 9.17) is 11.5 Å². The van der Waals surface area contributed by atoms with E-state index >= 15 is 0 Å². The van der Waals surface area contributed by atoms with Crippen LogP contribution in [0.4, 0.5) is 0 Å². The lowest BCUT2D eigenvalue weighted by atomic mass is 10.2. The fourth-order valence-corrected chi connectivity index (χ4v) is 0.837. The molecule has 0 heterocycles. The Labute approximate surface area is 83.1 Å². The van der Waals surface area contributed by atoms with Gasteiger partial charge in [0.15, 0.2) is 0 Å². The van der Waals surface area contributed by atoms with Gasteiger partial charge in [0.25, 0.3) is 0 Å². The average Bonchev–Trinajstić information content (AvgIpc) is 2.01. The average molecular weight is 223 g/mol. The van der Waals surface area contributed by atoms with Crippen LogP contribution in [0.2, 0.25) is 0 Å². The lowest BCUT2D eigenvalue weighted by Gasteiger charge is -2.10. The molecule has 7 nitrogen and oxygen atoms in total. The number of hydrogen-bond acceptors (Lipinski definition) is 6. The van der Waals surface area contributed by atoms with Crippen LogP contribution >= 0.6 is 0 Å². The number of esters is 1. The number of carbonyl (C=O) groups is 2. The lowest BCUT2D eigenvalue weighted by Crippen LogP contribution is -2.36. The van der Waals surface area contributed by atoms with Crippen molar-refractivity contribution in [3.63, 3.8) is 0 Å². The van der Waals surface area contributed by atoms with Crippen LogP contribution in [-0.4, -0.2) is 39.0 Å². The molecular weight excluding hydrogens is 212 g/mol. The molecule has 0 bridgehead atoms. The molecule has 0 aliphatic carbocycles. The highest BCUT2D eigenvalue weighted by molar-refractivity contribution is 7.79. The highest BCUT2D eigenvalue weighted by Gasteiger charge is 2.16. The molecule has 0 aromatic heterocycles. The highest BCUT2D eigenvalue weighted by atomic mass is 32.2. The molecule has 4 N–H and O–H groups in total. The van der Waals surface area contributed by atoms with Crippen molar-refractivity contribution in [3.05, 3.63) is 0 Å². The molecule has 82 valence electrons. The fraction of sp³-hybridized carbons (Fsp3) is 0.667. The predicted octanol–water partition coefficient (Wildman–Crippen LogP) is -2.39. The van der Waals surface area contributed by atoms with Gasteiger partial charge in [0.1, 0.15) is 12.6 Å². The summed E-state index contributed by atoms with van der Waals surface area (Å²) in [6.45, 7) is -0.276. The van der Waals surface area contributed by atoms with Crippen LogP contribution in [-0.2, 0) is 25.4 Å². The third-order valence-corrected chi connectivity index (χ3v) is 1.72. The molecule has 1 amide bonds. The summed E-state index contributed by atoms with van der Waals surface area (Å²) in [5.74, 6) is -1.86. The van der Waals surface area contributed by atoms with Crippen molar-refractivity contribution in [1.82, 2.24) is 0 Å². The Hall–Kier alpha value is -0.990. The Morgan fingerprint density at radius 3 is 2.50 bits per heavy atom. The number of rotatable bonds is 6. The summed E-state index contributed by atoms with van der Waals surface area (Å²) in [7, 11) is 0. The summed E-state index contributed by atoms with van der Waals surface area (Å²) in [5.41, 5.74) is 9.99. The molecule has 0 saturated carbocycles. The Morgan fingerprint density at radius 2 is 2.07 bits per heavy atom. The Kier molecular flexibility index (Phi) is 6.00. The maximum atomic E-state index is 10.9. The molecule has 1 unspecified atom stereocenters. The first kappa shape index (κ1) is 13.0. The van der Waals surface area contributed by atoms with Gasteiger partial charge in [-0.2, -0.15) is 0 Å². The summed E-state index contributed by atoms with van der Waals surface area (Å²) in [4.78, 5) is 21.2. The van der Waals surface area contributed by atoms with E-state index in [9.17, 15) is 18.4 Å². The second-order valence-corrected chi connectivity index (χ2v) is 3.47. The van der Waals surface area contributed by atoms with Crippen LogP contribution < -0.4 is 11.5 Å². The Morgan fingerprint density at radius 1 is 1.50 bits per heavy atom. The number of primary amides is 1. The normalized spacial score (nSPS) is 14.4. The van der Waals surface area contributed by atoms with Gasteiger partial charge in [-0.1, -0.05) is 11.1 Å². The van der Waals surface area contributed by atoms with E-state index in [0.717, 1.165) is 0 Å². The summed E-state index contributed by atoms with van der Waals surface area (Å²) in [6.07, 6.45) is -0.320. The smallest absolute Gasteiger partial charge is 0.323 e. The topological polar surface area (TPSA) is 136 Å². The van der Waals surface area contributed by atoms with Crippen molar-refractivity contribution in [3.8, 4) is 0 Å². The van der Waals surface area contributed by atoms with Crippen molar-refractivity contribution in [2.45, 2.75) is 12.5 Å². The molecule has 0 aromatic rings. The molecule has 0 aliphatic rings. The zero-order chi connectivity index (χ0) is 11.1. The van der Waals surface area contributed by atoms with Crippen molar-refractivity contribution in [2.24, 2.45) is 11.5 Å². The van der Waals surface area contributed by atoms with E-state index in [1.54, 1.807) is 0 Å². The molecule has 0 radical (unpaired) electrons. The minimum absolute atomic E-state index is 0.276. The minimum Gasteiger partial charge on any atom is -0.772 e. The van der Waals surface area contributed by atoms with E-state index < -0.39 is 29.0 Å². The van der Waals surface area contributed by atoms with Crippen LogP contribution in [0.15, 0.2) is 0 Å². The first-order chi connectivity index (χ1) is 6.43. The molecular formula is C6H11N2O5S-. The summed E-state index contributed by atoms with van der Waals surface area (Å²) in [5, 5.41) is 0. The zero-order valence-corrected chi connectivity index (χ0v) is 8.12. The van der Waals surface area contributed by atoms with Crippen LogP contribution in [0, 0.1) is 0 Å². The first-order valence-electron chi connectivity index (χ1n) is 3.70. The van der Waals surface area contributed by atoms with E-state index in [2.05, 4.69) is 4.74 Å². The largest absolute Gasteiger partial charge is 0.772 e. The number of hydrogen-bond donors (Lipinski definition) is 2. The molecule has 0 saturated heterocycles. The maximum Gasteiger partial charge on any atom is 0.323 e. The Bertz CT molecular complexity index is 244. The van der Waals surface area contributed by atoms with E-state index in [0.29, 0.717) is 0 Å². The SMILES string of the molecule is NC(=O)C[C@H](N)C(=O)OCCS(=O)[O-]. The standard InChI is InChI=1S/C6H12N2O5S/c7-4(3-5(8)9)6(10)13-1-2-14(11)12/h4H,1-3,7H2,(H2,8,9)(H,11,12)/p-1/t4-/m0/s1. The van der Waals surface area contributed by atoms with Crippen molar-refractivity contribution in [1.29, 1.82) is 0 Å². The molecule has 0 aromatic carbocycles. The van der Waals surface area contributed by atoms with Crippen LogP contribution in [0.3, 0.4) is 0 Å². The molecule has 0 rings (SSSR count). The predicted molar refractivity (Wildman–Crippen MR) is 46.5 cm³/mol. The quantitative estimate of drug-likeness (QED) is 0.381. The van der Waals surface area contributed by atoms with Crippen molar-refractivity contribution in [2.75, 3.05) is 12.4 Å². The third kappa shape index (κ3) is 6.52. The highest BCUT2D eigenvalue weighted by Crippen LogP contribution is 1.91. The van der Waals surface area contributed by atoms with E-state index in [1.165, 1.54) is 0 Å². The second kappa shape index (κ2) is 6.46. The van der Waals surface area contributed by atoms with Gasteiger partial charge in [0.05, 0.1) is 6.42 Å². The monoisotopic (exact) mass is 223 g/mol. The van der Waals surface area contributed by atoms with Crippen LogP contribution in [0.1, 0.15) is 6.42 Å². The van der Waals surface area contributed by atoms with Crippen molar-refractivity contribution >= 4 is 23.0 Å². The Balaban J connectivity index is 3.73. The van der Waals surface area contributed by atoms with Gasteiger partial charge >= 0.3 is 5.97 Å². The molecule has 8 heteroatoms. The van der Waals surface area contributed by atoms with Crippen LogP contribution in [0.5, 0.6) is 0 Å². The first-order valence-corrected chi connectivity index (χ1v) is 4.94. The number of carbonyl (C=O) groups excluding carboxylic acids is 2. The number of ether oxygens (including phenoxy) is 1. The van der Waals surface area contributed by atoms with Crippen LogP contribution in [0.25, 0.3) is 0 Å². The molecule has 2 atom stereocenters. The van der Waals surface area contributed by atoms with Gasteiger partial charge < -0.3 is 20.8 Å². The molecule has 14 heavy (non-hydrogen) atoms. The second-order valence-electron chi connectivity index (χ2n) is 2.45. The number of nitrogens with two attached hydrogens (primary N) is 2. The summed E-state index contributed by atoms with van der Waals surface area (Å²) >= 11 is -2.27. The molecule has 0 spiro atoms. The number of amides is 1. The van der Waals surface area contributed by atoms with E-state index in [-0.39, 0.29) is 18.8 Å². The molecule has 0 fully saturated rings. The van der Waals surface area contributed by atoms with Crippen molar-refractivity contribution < 1.29 is 23.1 Å². The zero-order valence-electron chi connectivity index (χ0n) is 7.30. The lowest BCUT2D eigenvalue weighted by molar-refractivity contribution is -0.145. The van der Waals surface area contributed by atoms with Gasteiger partial charge in [0.2, 0.25) is 5.91 Å². The molecule has 0 aliphatic heterocycles. The van der Waals surface area contributed by atoms with Gasteiger partial charge in [-0.05, 0) is 0 Å². The fourth-order valence-electron chi connectivity index (χ4n) is 0.617.